The SMILES string of the molecule is C=CCC(C)=C(CC=C)CC=C. The zero-order chi connectivity index (χ0) is 9.40. The third-order valence-electron chi connectivity index (χ3n) is 1.84. The van der Waals surface area contributed by atoms with Crippen molar-refractivity contribution in [1.29, 1.82) is 0 Å². The second-order valence-electron chi connectivity index (χ2n) is 2.86. The Hall–Kier alpha value is -1.04. The summed E-state index contributed by atoms with van der Waals surface area (Å²) in [6.07, 6.45) is 8.70. The lowest BCUT2D eigenvalue weighted by Crippen LogP contribution is -1.85. The van der Waals surface area contributed by atoms with Crippen molar-refractivity contribution in [3.8, 4) is 0 Å². The topological polar surface area (TPSA) is 0 Å². The van der Waals surface area contributed by atoms with Gasteiger partial charge in [-0.1, -0.05) is 29.4 Å². The van der Waals surface area contributed by atoms with Gasteiger partial charge in [0.25, 0.3) is 0 Å². The summed E-state index contributed by atoms with van der Waals surface area (Å²) < 4.78 is 0. The number of hydrogen-bond donors (Lipinski definition) is 0. The van der Waals surface area contributed by atoms with Gasteiger partial charge in [0.1, 0.15) is 0 Å². The third kappa shape index (κ3) is 3.97. The van der Waals surface area contributed by atoms with Gasteiger partial charge in [-0.25, -0.2) is 0 Å². The summed E-state index contributed by atoms with van der Waals surface area (Å²) in [5.41, 5.74) is 2.81. The van der Waals surface area contributed by atoms with Crippen molar-refractivity contribution in [3.05, 3.63) is 49.1 Å². The van der Waals surface area contributed by atoms with E-state index in [4.69, 9.17) is 0 Å². The summed E-state index contributed by atoms with van der Waals surface area (Å²) in [4.78, 5) is 0. The average Bonchev–Trinajstić information content (AvgIpc) is 2.04. The molecule has 0 aliphatic rings. The molecule has 0 aliphatic heterocycles. The lowest BCUT2D eigenvalue weighted by atomic mass is 10.0. The van der Waals surface area contributed by atoms with E-state index in [1.165, 1.54) is 11.1 Å². The molecule has 0 aromatic carbocycles. The molecule has 0 fully saturated rings. The Balaban J connectivity index is 4.39. The van der Waals surface area contributed by atoms with Gasteiger partial charge in [0.15, 0.2) is 0 Å². The van der Waals surface area contributed by atoms with Crippen molar-refractivity contribution >= 4 is 0 Å². The lowest BCUT2D eigenvalue weighted by molar-refractivity contribution is 1.02. The molecule has 0 N–H and O–H groups in total. The molecule has 0 saturated heterocycles. The standard InChI is InChI=1S/C12H18/c1-5-8-11(4)12(9-6-2)10-7-3/h5-7H,1-3,8-10H2,4H3. The van der Waals surface area contributed by atoms with Crippen LogP contribution in [0.5, 0.6) is 0 Å². The predicted molar refractivity (Wildman–Crippen MR) is 57.1 cm³/mol. The van der Waals surface area contributed by atoms with Crippen LogP contribution >= 0.6 is 0 Å². The first kappa shape index (κ1) is 11.0. The highest BCUT2D eigenvalue weighted by Gasteiger charge is 1.96. The summed E-state index contributed by atoms with van der Waals surface area (Å²) in [5, 5.41) is 0. The van der Waals surface area contributed by atoms with Gasteiger partial charge < -0.3 is 0 Å². The summed E-state index contributed by atoms with van der Waals surface area (Å²) in [6.45, 7) is 13.3. The van der Waals surface area contributed by atoms with Gasteiger partial charge in [0.05, 0.1) is 0 Å². The van der Waals surface area contributed by atoms with Gasteiger partial charge in [-0.05, 0) is 26.2 Å². The fourth-order valence-corrected chi connectivity index (χ4v) is 1.14. The molecule has 0 heteroatoms. The van der Waals surface area contributed by atoms with E-state index in [9.17, 15) is 0 Å². The maximum Gasteiger partial charge on any atom is -0.0136 e. The van der Waals surface area contributed by atoms with Crippen LogP contribution in [0, 0.1) is 0 Å². The summed E-state index contributed by atoms with van der Waals surface area (Å²) in [7, 11) is 0. The predicted octanol–water partition coefficient (Wildman–Crippen LogP) is 4.03. The van der Waals surface area contributed by atoms with Crippen LogP contribution in [0.4, 0.5) is 0 Å². The number of rotatable bonds is 6. The summed E-state index contributed by atoms with van der Waals surface area (Å²) in [5.74, 6) is 0. The van der Waals surface area contributed by atoms with Gasteiger partial charge in [-0.15, -0.1) is 19.7 Å². The van der Waals surface area contributed by atoms with Gasteiger partial charge >= 0.3 is 0 Å². The second-order valence-corrected chi connectivity index (χ2v) is 2.86. The molecule has 0 unspecified atom stereocenters. The van der Waals surface area contributed by atoms with E-state index in [0.717, 1.165) is 19.3 Å². The minimum absolute atomic E-state index is 0.964. The molecular weight excluding hydrogens is 144 g/mol. The molecule has 0 radical (unpaired) electrons. The van der Waals surface area contributed by atoms with Crippen molar-refractivity contribution in [1.82, 2.24) is 0 Å². The van der Waals surface area contributed by atoms with Crippen LogP contribution in [-0.2, 0) is 0 Å². The molecule has 0 atom stereocenters. The maximum atomic E-state index is 3.73. The Bertz CT molecular complexity index is 182. The highest BCUT2D eigenvalue weighted by atomic mass is 14.0. The first-order valence-corrected chi connectivity index (χ1v) is 4.26. The highest BCUT2D eigenvalue weighted by molar-refractivity contribution is 5.19. The van der Waals surface area contributed by atoms with Crippen LogP contribution in [0.25, 0.3) is 0 Å². The number of hydrogen-bond acceptors (Lipinski definition) is 0. The van der Waals surface area contributed by atoms with Crippen LogP contribution in [0.2, 0.25) is 0 Å². The zero-order valence-electron chi connectivity index (χ0n) is 7.97. The molecule has 12 heavy (non-hydrogen) atoms. The number of allylic oxidation sites excluding steroid dienone is 5. The van der Waals surface area contributed by atoms with E-state index in [1.54, 1.807) is 0 Å². The molecule has 0 nitrogen and oxygen atoms in total. The van der Waals surface area contributed by atoms with Crippen molar-refractivity contribution < 1.29 is 0 Å². The molecule has 0 rings (SSSR count). The van der Waals surface area contributed by atoms with Gasteiger partial charge in [-0.3, -0.25) is 0 Å². The fourth-order valence-electron chi connectivity index (χ4n) is 1.14. The van der Waals surface area contributed by atoms with Crippen molar-refractivity contribution in [2.45, 2.75) is 26.2 Å². The van der Waals surface area contributed by atoms with Gasteiger partial charge in [0, 0.05) is 0 Å². The molecule has 0 amide bonds. The normalized spacial score (nSPS) is 8.75. The highest BCUT2D eigenvalue weighted by Crippen LogP contribution is 2.16. The molecular formula is C12H18. The monoisotopic (exact) mass is 162 g/mol. The van der Waals surface area contributed by atoms with Crippen LogP contribution in [0.3, 0.4) is 0 Å². The van der Waals surface area contributed by atoms with Crippen LogP contribution in [0.15, 0.2) is 49.1 Å². The quantitative estimate of drug-likeness (QED) is 0.517. The van der Waals surface area contributed by atoms with E-state index < -0.39 is 0 Å². The molecule has 0 aromatic rings. The zero-order valence-corrected chi connectivity index (χ0v) is 7.97. The largest absolute Gasteiger partial charge is 0.103 e. The Labute approximate surface area is 76.0 Å². The molecule has 0 heterocycles. The Morgan fingerprint density at radius 1 is 0.917 bits per heavy atom. The van der Waals surface area contributed by atoms with Gasteiger partial charge in [0.2, 0.25) is 0 Å². The van der Waals surface area contributed by atoms with E-state index in [-0.39, 0.29) is 0 Å². The van der Waals surface area contributed by atoms with Crippen molar-refractivity contribution in [2.24, 2.45) is 0 Å². The molecule has 0 saturated carbocycles. The van der Waals surface area contributed by atoms with E-state index in [2.05, 4.69) is 26.7 Å². The third-order valence-corrected chi connectivity index (χ3v) is 1.84. The van der Waals surface area contributed by atoms with Crippen molar-refractivity contribution in [3.63, 3.8) is 0 Å². The average molecular weight is 162 g/mol. The Morgan fingerprint density at radius 2 is 1.33 bits per heavy atom. The molecule has 0 spiro atoms. The lowest BCUT2D eigenvalue weighted by Gasteiger charge is -2.06. The second kappa shape index (κ2) is 6.66. The molecule has 0 aromatic heterocycles. The minimum atomic E-state index is 0.964. The van der Waals surface area contributed by atoms with Crippen LogP contribution in [0.1, 0.15) is 26.2 Å². The van der Waals surface area contributed by atoms with Gasteiger partial charge in [-0.2, -0.15) is 0 Å². The van der Waals surface area contributed by atoms with E-state index in [0.29, 0.717) is 0 Å². The van der Waals surface area contributed by atoms with Crippen LogP contribution < -0.4 is 0 Å². The Morgan fingerprint density at radius 3 is 1.67 bits per heavy atom. The van der Waals surface area contributed by atoms with E-state index >= 15 is 0 Å². The van der Waals surface area contributed by atoms with Crippen LogP contribution in [-0.4, -0.2) is 0 Å². The first-order chi connectivity index (χ1) is 5.76. The minimum Gasteiger partial charge on any atom is -0.103 e. The van der Waals surface area contributed by atoms with Crippen molar-refractivity contribution in [2.75, 3.05) is 0 Å². The van der Waals surface area contributed by atoms with E-state index in [1.807, 2.05) is 18.2 Å². The first-order valence-electron chi connectivity index (χ1n) is 4.26. The molecule has 0 bridgehead atoms. The summed E-state index contributed by atoms with van der Waals surface area (Å²) >= 11 is 0. The Kier molecular flexibility index (Phi) is 6.08. The fraction of sp³-hybridized carbons (Fsp3) is 0.333. The molecule has 0 aliphatic carbocycles. The summed E-state index contributed by atoms with van der Waals surface area (Å²) in [6, 6.07) is 0. The maximum absolute atomic E-state index is 3.73. The smallest absolute Gasteiger partial charge is 0.0136 e. The molecule has 66 valence electrons.